The third-order valence-corrected chi connectivity index (χ3v) is 3.80. The fourth-order valence-electron chi connectivity index (χ4n) is 2.64. The summed E-state index contributed by atoms with van der Waals surface area (Å²) in [6, 6.07) is 3.49. The molecule has 1 N–H and O–H groups in total. The normalized spacial score (nSPS) is 10.9. The van der Waals surface area contributed by atoms with Crippen LogP contribution in [0.5, 0.6) is 0 Å². The minimum atomic E-state index is -0.932. The van der Waals surface area contributed by atoms with E-state index in [-0.39, 0.29) is 0 Å². The van der Waals surface area contributed by atoms with Gasteiger partial charge in [-0.15, -0.1) is 0 Å². The molecule has 0 aliphatic rings. The second kappa shape index (κ2) is 5.49. The molecule has 4 nitrogen and oxygen atoms in total. The van der Waals surface area contributed by atoms with Crippen LogP contribution in [-0.2, 0) is 6.54 Å². The lowest BCUT2D eigenvalue weighted by Gasteiger charge is -2.08. The molecule has 1 heterocycles. The molecule has 0 saturated carbocycles. The summed E-state index contributed by atoms with van der Waals surface area (Å²) in [4.78, 5) is 22.6. The lowest BCUT2D eigenvalue weighted by Crippen LogP contribution is -2.03. The minimum Gasteiger partial charge on any atom is -0.478 e. The van der Waals surface area contributed by atoms with Crippen molar-refractivity contribution in [2.24, 2.45) is 0 Å². The van der Waals surface area contributed by atoms with Crippen LogP contribution in [0, 0.1) is 13.8 Å². The fraction of sp³-hybridized carbons (Fsp3) is 0.375. The lowest BCUT2D eigenvalue weighted by atomic mass is 10.0. The van der Waals surface area contributed by atoms with E-state index in [9.17, 15) is 14.7 Å². The first-order valence-corrected chi connectivity index (χ1v) is 6.83. The average molecular weight is 273 g/mol. The van der Waals surface area contributed by atoms with Crippen LogP contribution in [0.25, 0.3) is 10.9 Å². The molecule has 0 radical (unpaired) electrons. The van der Waals surface area contributed by atoms with E-state index >= 15 is 0 Å². The fourth-order valence-corrected chi connectivity index (χ4v) is 2.64. The summed E-state index contributed by atoms with van der Waals surface area (Å²) in [5.74, 6) is -0.932. The highest BCUT2D eigenvalue weighted by atomic mass is 16.4. The van der Waals surface area contributed by atoms with Gasteiger partial charge in [0.2, 0.25) is 0 Å². The number of carbonyl (C=O) groups excluding carboxylic acids is 1. The van der Waals surface area contributed by atoms with Crippen molar-refractivity contribution in [3.8, 4) is 0 Å². The number of carbonyl (C=O) groups is 2. The van der Waals surface area contributed by atoms with Crippen molar-refractivity contribution in [3.05, 3.63) is 34.5 Å². The van der Waals surface area contributed by atoms with Gasteiger partial charge in [0.05, 0.1) is 5.56 Å². The lowest BCUT2D eigenvalue weighted by molar-refractivity contribution is 0.0696. The van der Waals surface area contributed by atoms with Crippen molar-refractivity contribution in [2.75, 3.05) is 0 Å². The number of unbranched alkanes of at least 4 members (excludes halogenated alkanes) is 1. The molecule has 0 fully saturated rings. The zero-order valence-electron chi connectivity index (χ0n) is 12.1. The van der Waals surface area contributed by atoms with Gasteiger partial charge in [0, 0.05) is 28.7 Å². The first-order chi connectivity index (χ1) is 9.51. The smallest absolute Gasteiger partial charge is 0.336 e. The monoisotopic (exact) mass is 273 g/mol. The van der Waals surface area contributed by atoms with Crippen LogP contribution in [0.3, 0.4) is 0 Å². The molecule has 0 atom stereocenters. The Morgan fingerprint density at radius 2 is 2.05 bits per heavy atom. The third-order valence-electron chi connectivity index (χ3n) is 3.80. The van der Waals surface area contributed by atoms with E-state index in [1.54, 1.807) is 19.1 Å². The number of aromatic nitrogens is 1. The van der Waals surface area contributed by atoms with Crippen molar-refractivity contribution >= 4 is 23.2 Å². The first kappa shape index (κ1) is 14.3. The van der Waals surface area contributed by atoms with Crippen LogP contribution in [0.4, 0.5) is 0 Å². The van der Waals surface area contributed by atoms with Gasteiger partial charge in [-0.1, -0.05) is 13.3 Å². The van der Waals surface area contributed by atoms with E-state index < -0.39 is 5.97 Å². The predicted octanol–water partition coefficient (Wildman–Crippen LogP) is 3.57. The van der Waals surface area contributed by atoms with Crippen LogP contribution in [-0.4, -0.2) is 21.9 Å². The van der Waals surface area contributed by atoms with E-state index in [2.05, 4.69) is 11.5 Å². The highest BCUT2D eigenvalue weighted by Crippen LogP contribution is 2.28. The molecule has 106 valence electrons. The number of aldehydes is 1. The molecular formula is C16H19NO3. The van der Waals surface area contributed by atoms with Crippen LogP contribution >= 0.6 is 0 Å². The van der Waals surface area contributed by atoms with Gasteiger partial charge in [-0.25, -0.2) is 4.79 Å². The van der Waals surface area contributed by atoms with E-state index in [1.165, 1.54) is 0 Å². The highest BCUT2D eigenvalue weighted by Gasteiger charge is 2.17. The third kappa shape index (κ3) is 2.22. The minimum absolute atomic E-state index is 0.296. The number of carboxylic acids is 1. The Morgan fingerprint density at radius 1 is 1.35 bits per heavy atom. The molecule has 1 aromatic carbocycles. The number of hydrogen-bond donors (Lipinski definition) is 1. The summed E-state index contributed by atoms with van der Waals surface area (Å²) in [6.07, 6.45) is 2.91. The van der Waals surface area contributed by atoms with E-state index in [0.717, 1.165) is 42.3 Å². The molecule has 0 aliphatic heterocycles. The van der Waals surface area contributed by atoms with Gasteiger partial charge in [-0.2, -0.15) is 0 Å². The number of aryl methyl sites for hydroxylation is 2. The number of fused-ring (bicyclic) bond motifs is 1. The molecule has 1 aromatic heterocycles. The SMILES string of the molecule is CCCCn1c(C)c(C=O)c2cc(C)c(C(=O)O)cc21. The largest absolute Gasteiger partial charge is 0.478 e. The molecule has 0 aliphatic carbocycles. The molecule has 0 saturated heterocycles. The van der Waals surface area contributed by atoms with Gasteiger partial charge >= 0.3 is 5.97 Å². The second-order valence-corrected chi connectivity index (χ2v) is 5.11. The molecule has 2 aromatic rings. The summed E-state index contributed by atoms with van der Waals surface area (Å²) >= 11 is 0. The van der Waals surface area contributed by atoms with Crippen molar-refractivity contribution in [2.45, 2.75) is 40.2 Å². The Kier molecular flexibility index (Phi) is 3.93. The van der Waals surface area contributed by atoms with Gasteiger partial charge < -0.3 is 9.67 Å². The van der Waals surface area contributed by atoms with Crippen molar-refractivity contribution in [1.29, 1.82) is 0 Å². The summed E-state index contributed by atoms with van der Waals surface area (Å²) in [6.45, 7) is 6.58. The Labute approximate surface area is 118 Å². The average Bonchev–Trinajstić information content (AvgIpc) is 2.66. The summed E-state index contributed by atoms with van der Waals surface area (Å²) in [5, 5.41) is 10.1. The summed E-state index contributed by atoms with van der Waals surface area (Å²) in [5.41, 5.74) is 3.38. The summed E-state index contributed by atoms with van der Waals surface area (Å²) < 4.78 is 2.05. The van der Waals surface area contributed by atoms with Crippen molar-refractivity contribution in [1.82, 2.24) is 4.57 Å². The number of hydrogen-bond acceptors (Lipinski definition) is 2. The maximum atomic E-state index is 11.3. The number of carboxylic acid groups (broad SMARTS) is 1. The van der Waals surface area contributed by atoms with Crippen LogP contribution < -0.4 is 0 Å². The molecular weight excluding hydrogens is 254 g/mol. The first-order valence-electron chi connectivity index (χ1n) is 6.83. The van der Waals surface area contributed by atoms with E-state index in [4.69, 9.17) is 0 Å². The molecule has 2 rings (SSSR count). The zero-order valence-corrected chi connectivity index (χ0v) is 12.1. The second-order valence-electron chi connectivity index (χ2n) is 5.11. The van der Waals surface area contributed by atoms with Crippen molar-refractivity contribution < 1.29 is 14.7 Å². The molecule has 20 heavy (non-hydrogen) atoms. The number of nitrogens with zero attached hydrogens (tertiary/aromatic N) is 1. The van der Waals surface area contributed by atoms with Crippen LogP contribution in [0.15, 0.2) is 12.1 Å². The number of aromatic carboxylic acids is 1. The molecule has 4 heteroatoms. The van der Waals surface area contributed by atoms with Gasteiger partial charge in [0.15, 0.2) is 6.29 Å². The van der Waals surface area contributed by atoms with Gasteiger partial charge in [-0.05, 0) is 38.0 Å². The number of benzene rings is 1. The highest BCUT2D eigenvalue weighted by molar-refractivity contribution is 6.03. The Hall–Kier alpha value is -2.10. The number of rotatable bonds is 5. The predicted molar refractivity (Wildman–Crippen MR) is 78.7 cm³/mol. The Morgan fingerprint density at radius 3 is 2.60 bits per heavy atom. The molecule has 0 amide bonds. The summed E-state index contributed by atoms with van der Waals surface area (Å²) in [7, 11) is 0. The Balaban J connectivity index is 2.76. The maximum absolute atomic E-state index is 11.3. The zero-order chi connectivity index (χ0) is 14.9. The molecule has 0 bridgehead atoms. The molecule has 0 spiro atoms. The topological polar surface area (TPSA) is 59.3 Å². The van der Waals surface area contributed by atoms with Gasteiger partial charge in [0.1, 0.15) is 0 Å². The standard InChI is InChI=1S/C16H19NO3/c1-4-5-6-17-11(3)14(9-18)13-7-10(2)12(16(19)20)8-15(13)17/h7-9H,4-6H2,1-3H3,(H,19,20). The van der Waals surface area contributed by atoms with Gasteiger partial charge in [0.25, 0.3) is 0 Å². The van der Waals surface area contributed by atoms with Crippen LogP contribution in [0.1, 0.15) is 51.7 Å². The Bertz CT molecular complexity index is 683. The quantitative estimate of drug-likeness (QED) is 0.847. The van der Waals surface area contributed by atoms with Crippen molar-refractivity contribution in [3.63, 3.8) is 0 Å². The van der Waals surface area contributed by atoms with E-state index in [1.807, 2.05) is 6.92 Å². The van der Waals surface area contributed by atoms with E-state index in [0.29, 0.717) is 16.7 Å². The van der Waals surface area contributed by atoms with Crippen LogP contribution in [0.2, 0.25) is 0 Å². The van der Waals surface area contributed by atoms with Gasteiger partial charge in [-0.3, -0.25) is 4.79 Å². The maximum Gasteiger partial charge on any atom is 0.336 e. The molecule has 0 unspecified atom stereocenters.